The van der Waals surface area contributed by atoms with Crippen molar-refractivity contribution in [1.29, 1.82) is 0 Å². The van der Waals surface area contributed by atoms with E-state index in [0.29, 0.717) is 10.1 Å². The minimum absolute atomic E-state index is 0.282. The zero-order valence-corrected chi connectivity index (χ0v) is 9.24. The van der Waals surface area contributed by atoms with Gasteiger partial charge in [0.05, 0.1) is 10.1 Å². The molecule has 2 rings (SSSR count). The second kappa shape index (κ2) is 3.17. The summed E-state index contributed by atoms with van der Waals surface area (Å²) < 4.78 is 7.28. The van der Waals surface area contributed by atoms with Crippen molar-refractivity contribution in [3.63, 3.8) is 0 Å². The number of benzene rings is 1. The molecule has 2 aromatic rings. The van der Waals surface area contributed by atoms with Crippen molar-refractivity contribution in [2.45, 2.75) is 11.5 Å². The lowest BCUT2D eigenvalue weighted by molar-refractivity contribution is 0.528. The molecule has 0 aliphatic heterocycles. The van der Waals surface area contributed by atoms with Gasteiger partial charge < -0.3 is 4.42 Å². The van der Waals surface area contributed by atoms with Crippen LogP contribution in [0.1, 0.15) is 5.56 Å². The van der Waals surface area contributed by atoms with Crippen LogP contribution in [0.4, 0.5) is 0 Å². The van der Waals surface area contributed by atoms with Crippen molar-refractivity contribution < 1.29 is 4.42 Å². The average Bonchev–Trinajstić information content (AvgIpc) is 2.40. The van der Waals surface area contributed by atoms with Crippen LogP contribution >= 0.6 is 22.6 Å². The SMILES string of the molecule is Cc1ccc2oc(=O)n(CI)c2c1. The maximum Gasteiger partial charge on any atom is 0.420 e. The number of rotatable bonds is 1. The number of hydrogen-bond acceptors (Lipinski definition) is 2. The maximum atomic E-state index is 11.3. The number of halogens is 1. The Morgan fingerprint density at radius 2 is 2.31 bits per heavy atom. The van der Waals surface area contributed by atoms with Gasteiger partial charge in [0, 0.05) is 0 Å². The van der Waals surface area contributed by atoms with Gasteiger partial charge in [-0.05, 0) is 24.6 Å². The van der Waals surface area contributed by atoms with Gasteiger partial charge in [-0.25, -0.2) is 4.79 Å². The van der Waals surface area contributed by atoms with Gasteiger partial charge in [0.2, 0.25) is 0 Å². The third kappa shape index (κ3) is 1.39. The first-order chi connectivity index (χ1) is 6.22. The van der Waals surface area contributed by atoms with Crippen molar-refractivity contribution >= 4 is 33.7 Å². The standard InChI is InChI=1S/C9H8INO2/c1-6-2-3-8-7(4-6)11(5-10)9(12)13-8/h2-4H,5H2,1H3. The molecule has 1 heterocycles. The Balaban J connectivity index is 2.89. The van der Waals surface area contributed by atoms with Gasteiger partial charge in [0.15, 0.2) is 5.58 Å². The van der Waals surface area contributed by atoms with E-state index in [4.69, 9.17) is 4.42 Å². The van der Waals surface area contributed by atoms with E-state index in [-0.39, 0.29) is 5.76 Å². The molecule has 13 heavy (non-hydrogen) atoms. The molecule has 0 atom stereocenters. The summed E-state index contributed by atoms with van der Waals surface area (Å²) in [6.45, 7) is 1.99. The highest BCUT2D eigenvalue weighted by molar-refractivity contribution is 14.1. The van der Waals surface area contributed by atoms with E-state index in [1.807, 2.05) is 25.1 Å². The molecule has 0 saturated carbocycles. The third-order valence-corrected chi connectivity index (χ3v) is 2.62. The molecular weight excluding hydrogens is 281 g/mol. The lowest BCUT2D eigenvalue weighted by Crippen LogP contribution is -2.10. The third-order valence-electron chi connectivity index (χ3n) is 1.94. The number of aryl methyl sites for hydroxylation is 1. The first-order valence-electron chi connectivity index (χ1n) is 3.88. The first-order valence-corrected chi connectivity index (χ1v) is 5.41. The normalized spacial score (nSPS) is 10.9. The molecule has 0 bridgehead atoms. The van der Waals surface area contributed by atoms with Crippen LogP contribution in [0.3, 0.4) is 0 Å². The number of alkyl halides is 1. The van der Waals surface area contributed by atoms with E-state index < -0.39 is 0 Å². The second-order valence-electron chi connectivity index (χ2n) is 2.89. The molecular formula is C9H8INO2. The van der Waals surface area contributed by atoms with Gasteiger partial charge in [0.25, 0.3) is 0 Å². The van der Waals surface area contributed by atoms with E-state index in [1.54, 1.807) is 4.57 Å². The van der Waals surface area contributed by atoms with Gasteiger partial charge in [-0.3, -0.25) is 4.57 Å². The lowest BCUT2D eigenvalue weighted by atomic mass is 10.2. The summed E-state index contributed by atoms with van der Waals surface area (Å²) in [5, 5.41) is 0. The Bertz CT molecular complexity index is 498. The fourth-order valence-corrected chi connectivity index (χ4v) is 1.93. The highest BCUT2D eigenvalue weighted by Crippen LogP contribution is 2.15. The number of nitrogens with zero attached hydrogens (tertiary/aromatic N) is 1. The van der Waals surface area contributed by atoms with Crippen LogP contribution in [0.15, 0.2) is 27.4 Å². The molecule has 0 radical (unpaired) electrons. The monoisotopic (exact) mass is 289 g/mol. The van der Waals surface area contributed by atoms with Gasteiger partial charge in [-0.1, -0.05) is 28.7 Å². The van der Waals surface area contributed by atoms with Crippen LogP contribution < -0.4 is 5.76 Å². The molecule has 1 aromatic heterocycles. The van der Waals surface area contributed by atoms with Gasteiger partial charge in [-0.15, -0.1) is 0 Å². The van der Waals surface area contributed by atoms with Crippen LogP contribution in [-0.2, 0) is 4.55 Å². The Morgan fingerprint density at radius 3 is 3.00 bits per heavy atom. The van der Waals surface area contributed by atoms with E-state index in [1.165, 1.54) is 0 Å². The Kier molecular flexibility index (Phi) is 2.15. The molecule has 4 heteroatoms. The molecule has 3 nitrogen and oxygen atoms in total. The molecule has 0 spiro atoms. The van der Waals surface area contributed by atoms with Crippen molar-refractivity contribution in [1.82, 2.24) is 4.57 Å². The summed E-state index contributed by atoms with van der Waals surface area (Å²) in [6.07, 6.45) is 0. The molecule has 1 aromatic carbocycles. The largest absolute Gasteiger partial charge is 0.420 e. The van der Waals surface area contributed by atoms with Crippen LogP contribution in [0.2, 0.25) is 0 Å². The van der Waals surface area contributed by atoms with Crippen molar-refractivity contribution in [3.05, 3.63) is 34.3 Å². The Morgan fingerprint density at radius 1 is 1.54 bits per heavy atom. The summed E-state index contributed by atoms with van der Waals surface area (Å²) in [4.78, 5) is 11.3. The number of aromatic nitrogens is 1. The fraction of sp³-hybridized carbons (Fsp3) is 0.222. The zero-order valence-electron chi connectivity index (χ0n) is 7.08. The molecule has 0 fully saturated rings. The Hall–Kier alpha value is -0.780. The summed E-state index contributed by atoms with van der Waals surface area (Å²) in [6, 6.07) is 5.72. The summed E-state index contributed by atoms with van der Waals surface area (Å²) in [5.74, 6) is -0.282. The smallest absolute Gasteiger partial charge is 0.408 e. The molecule has 0 amide bonds. The fourth-order valence-electron chi connectivity index (χ4n) is 1.29. The van der Waals surface area contributed by atoms with E-state index in [2.05, 4.69) is 22.6 Å². The lowest BCUT2D eigenvalue weighted by Gasteiger charge is -1.95. The molecule has 68 valence electrons. The first kappa shape index (κ1) is 8.80. The molecule has 0 unspecified atom stereocenters. The highest BCUT2D eigenvalue weighted by Gasteiger charge is 2.06. The van der Waals surface area contributed by atoms with Crippen molar-refractivity contribution in [3.8, 4) is 0 Å². The number of hydrogen-bond donors (Lipinski definition) is 0. The predicted octanol–water partition coefficient (Wildman–Crippen LogP) is 2.30. The van der Waals surface area contributed by atoms with Crippen LogP contribution in [0.5, 0.6) is 0 Å². The molecule has 0 N–H and O–H groups in total. The maximum absolute atomic E-state index is 11.3. The topological polar surface area (TPSA) is 35.1 Å². The summed E-state index contributed by atoms with van der Waals surface area (Å²) >= 11 is 2.14. The zero-order chi connectivity index (χ0) is 9.42. The van der Waals surface area contributed by atoms with Crippen LogP contribution in [0.25, 0.3) is 11.1 Å². The summed E-state index contributed by atoms with van der Waals surface area (Å²) in [5.41, 5.74) is 2.67. The second-order valence-corrected chi connectivity index (χ2v) is 3.57. The average molecular weight is 289 g/mol. The van der Waals surface area contributed by atoms with Crippen molar-refractivity contribution in [2.24, 2.45) is 0 Å². The van der Waals surface area contributed by atoms with Crippen LogP contribution in [-0.4, -0.2) is 4.57 Å². The quantitative estimate of drug-likeness (QED) is 0.596. The minimum Gasteiger partial charge on any atom is -0.408 e. The molecule has 0 aliphatic rings. The van der Waals surface area contributed by atoms with E-state index in [0.717, 1.165) is 11.1 Å². The molecule has 0 saturated heterocycles. The minimum atomic E-state index is -0.282. The highest BCUT2D eigenvalue weighted by atomic mass is 127. The van der Waals surface area contributed by atoms with Gasteiger partial charge >= 0.3 is 5.76 Å². The molecule has 0 aliphatic carbocycles. The van der Waals surface area contributed by atoms with E-state index >= 15 is 0 Å². The Labute approximate surface area is 88.5 Å². The number of fused-ring (bicyclic) bond motifs is 1. The predicted molar refractivity (Wildman–Crippen MR) is 59.2 cm³/mol. The number of oxazole rings is 1. The van der Waals surface area contributed by atoms with Gasteiger partial charge in [-0.2, -0.15) is 0 Å². The van der Waals surface area contributed by atoms with Crippen LogP contribution in [0, 0.1) is 6.92 Å². The summed E-state index contributed by atoms with van der Waals surface area (Å²) in [7, 11) is 0. The van der Waals surface area contributed by atoms with Crippen molar-refractivity contribution in [2.75, 3.05) is 0 Å². The van der Waals surface area contributed by atoms with E-state index in [9.17, 15) is 4.79 Å². The van der Waals surface area contributed by atoms with Gasteiger partial charge in [0.1, 0.15) is 0 Å².